The van der Waals surface area contributed by atoms with Crippen LogP contribution in [0.2, 0.25) is 0 Å². The molecular formula is C20H39N6+. The summed E-state index contributed by atoms with van der Waals surface area (Å²) >= 11 is 0. The molecule has 0 aliphatic heterocycles. The van der Waals surface area contributed by atoms with Crippen LogP contribution >= 0.6 is 0 Å². The molecule has 0 aromatic carbocycles. The first-order valence-electron chi connectivity index (χ1n) is 9.86. The lowest BCUT2D eigenvalue weighted by Crippen LogP contribution is -2.30. The fourth-order valence-corrected chi connectivity index (χ4v) is 2.77. The minimum absolute atomic E-state index is 1.18. The van der Waals surface area contributed by atoms with Gasteiger partial charge in [-0.2, -0.15) is 10.5 Å². The molecule has 0 bridgehead atoms. The van der Waals surface area contributed by atoms with Crippen LogP contribution in [0.1, 0.15) is 84.0 Å². The lowest BCUT2D eigenvalue weighted by molar-refractivity contribution is -0.696. The van der Waals surface area contributed by atoms with Crippen molar-refractivity contribution in [2.75, 3.05) is 0 Å². The number of imidazole rings is 1. The van der Waals surface area contributed by atoms with Gasteiger partial charge in [-0.3, -0.25) is 0 Å². The molecule has 0 aliphatic rings. The Kier molecular flexibility index (Phi) is 22.8. The zero-order valence-corrected chi connectivity index (χ0v) is 16.9. The van der Waals surface area contributed by atoms with Crippen LogP contribution in [0, 0.1) is 22.9 Å². The molecule has 0 fully saturated rings. The first-order valence-corrected chi connectivity index (χ1v) is 9.86. The molecule has 26 heavy (non-hydrogen) atoms. The largest absolute Gasteiger partial charge is 0.337 e. The molecule has 0 radical (unpaired) electrons. The third-order valence-electron chi connectivity index (χ3n) is 4.09. The van der Waals surface area contributed by atoms with Gasteiger partial charge in [0.15, 0.2) is 12.4 Å². The Balaban J connectivity index is 0. The number of nitriles is 2. The van der Waals surface area contributed by atoms with Crippen LogP contribution in [-0.2, 0) is 13.6 Å². The molecule has 6 heteroatoms. The van der Waals surface area contributed by atoms with Crippen LogP contribution in [0.5, 0.6) is 0 Å². The topological polar surface area (TPSA) is 108 Å². The van der Waals surface area contributed by atoms with Crippen molar-refractivity contribution >= 4 is 0 Å². The number of hydrogen-bond donors (Lipinski definition) is 2. The Morgan fingerprint density at radius 3 is 1.54 bits per heavy atom. The van der Waals surface area contributed by atoms with Crippen molar-refractivity contribution in [3.63, 3.8) is 0 Å². The Bertz CT molecular complexity index is 457. The molecule has 0 amide bonds. The van der Waals surface area contributed by atoms with Crippen LogP contribution in [0.15, 0.2) is 18.7 Å². The lowest BCUT2D eigenvalue weighted by atomic mass is 10.1. The van der Waals surface area contributed by atoms with Gasteiger partial charge in [0.25, 0.3) is 0 Å². The molecule has 1 aromatic heterocycles. The van der Waals surface area contributed by atoms with Crippen molar-refractivity contribution in [3.8, 4) is 12.4 Å². The molecule has 148 valence electrons. The van der Waals surface area contributed by atoms with E-state index in [0.29, 0.717) is 0 Å². The Morgan fingerprint density at radius 1 is 0.808 bits per heavy atom. The summed E-state index contributed by atoms with van der Waals surface area (Å²) < 4.78 is 4.40. The van der Waals surface area contributed by atoms with Crippen molar-refractivity contribution in [3.05, 3.63) is 18.7 Å². The van der Waals surface area contributed by atoms with Gasteiger partial charge in [-0.15, -0.1) is 0 Å². The van der Waals surface area contributed by atoms with E-state index in [1.165, 1.54) is 96.0 Å². The zero-order valence-electron chi connectivity index (χ0n) is 16.9. The number of rotatable bonds is 13. The molecule has 6 nitrogen and oxygen atoms in total. The highest BCUT2D eigenvalue weighted by molar-refractivity contribution is 4.62. The summed E-state index contributed by atoms with van der Waals surface area (Å²) in [7, 11) is 2.08. The first kappa shape index (κ1) is 26.0. The third kappa shape index (κ3) is 21.8. The van der Waals surface area contributed by atoms with E-state index < -0.39 is 0 Å². The van der Waals surface area contributed by atoms with Crippen LogP contribution in [0.25, 0.3) is 0 Å². The Hall–Kier alpha value is -2.21. The molecule has 1 heterocycles. The van der Waals surface area contributed by atoms with Gasteiger partial charge in [0.1, 0.15) is 12.4 Å². The quantitative estimate of drug-likeness (QED) is 0.240. The molecule has 0 aliphatic carbocycles. The van der Waals surface area contributed by atoms with Crippen LogP contribution < -0.4 is 16.0 Å². The number of nitrogens with zero attached hydrogens (tertiary/aromatic N) is 4. The molecule has 0 unspecified atom stereocenters. The van der Waals surface area contributed by atoms with Gasteiger partial charge in [-0.25, -0.2) is 9.13 Å². The second-order valence-corrected chi connectivity index (χ2v) is 6.46. The maximum absolute atomic E-state index is 7.10. The molecule has 1 aromatic rings. The second kappa shape index (κ2) is 22.8. The normalized spacial score (nSPS) is 9.08. The van der Waals surface area contributed by atoms with Crippen molar-refractivity contribution in [2.45, 2.75) is 90.5 Å². The van der Waals surface area contributed by atoms with E-state index in [2.05, 4.69) is 53.3 Å². The van der Waals surface area contributed by atoms with E-state index in [-0.39, 0.29) is 0 Å². The highest BCUT2D eigenvalue weighted by atomic mass is 15.1. The summed E-state index contributed by atoms with van der Waals surface area (Å²) in [5, 5.41) is 14.2. The van der Waals surface area contributed by atoms with E-state index in [1.807, 2.05) is 0 Å². The predicted molar refractivity (Wildman–Crippen MR) is 106 cm³/mol. The van der Waals surface area contributed by atoms with Gasteiger partial charge in [0.05, 0.1) is 13.6 Å². The smallest absolute Gasteiger partial charge is 0.243 e. The molecular weight excluding hydrogens is 324 g/mol. The first-order chi connectivity index (χ1) is 12.7. The van der Waals surface area contributed by atoms with Crippen LogP contribution in [0.4, 0.5) is 0 Å². The fraction of sp³-hybridized carbons (Fsp3) is 0.750. The van der Waals surface area contributed by atoms with Gasteiger partial charge in [0.2, 0.25) is 6.33 Å². The van der Waals surface area contributed by atoms with Crippen molar-refractivity contribution in [1.82, 2.24) is 4.57 Å². The van der Waals surface area contributed by atoms with Gasteiger partial charge < -0.3 is 11.5 Å². The summed E-state index contributed by atoms with van der Waals surface area (Å²) in [6.45, 7) is 3.47. The molecule has 0 saturated carbocycles. The number of aryl methyl sites for hydroxylation is 2. The molecule has 1 rings (SSSR count). The fourth-order valence-electron chi connectivity index (χ4n) is 2.77. The summed E-state index contributed by atoms with van der Waals surface area (Å²) in [5.74, 6) is 0. The van der Waals surface area contributed by atoms with E-state index in [9.17, 15) is 0 Å². The summed E-state index contributed by atoms with van der Waals surface area (Å²) in [6.07, 6.45) is 26.1. The number of aromatic nitrogens is 2. The SMILES string of the molecule is CCCCCCCCCCCCCC[n+]1ccn(C)c1.N#CN.N#CN. The van der Waals surface area contributed by atoms with Crippen molar-refractivity contribution in [1.29, 1.82) is 10.5 Å². The minimum atomic E-state index is 1.18. The molecule has 0 atom stereocenters. The number of hydrogen-bond acceptors (Lipinski definition) is 4. The highest BCUT2D eigenvalue weighted by Crippen LogP contribution is 2.11. The summed E-state index contributed by atoms with van der Waals surface area (Å²) in [6, 6.07) is 0. The van der Waals surface area contributed by atoms with E-state index in [1.54, 1.807) is 0 Å². The zero-order chi connectivity index (χ0) is 19.9. The standard InChI is InChI=1S/C18H35N2.2CH2N2/c1-3-4-5-6-7-8-9-10-11-12-13-14-15-20-17-16-19(2)18-20;2*2-1-3/h16-18H,3-15H2,1-2H3;2*2H2/q+1;;. The van der Waals surface area contributed by atoms with E-state index in [4.69, 9.17) is 10.5 Å². The maximum Gasteiger partial charge on any atom is 0.243 e. The summed E-state index contributed by atoms with van der Waals surface area (Å²) in [5.41, 5.74) is 8.31. The number of unbranched alkanes of at least 4 members (excludes halogenated alkanes) is 11. The maximum atomic E-state index is 7.10. The van der Waals surface area contributed by atoms with Gasteiger partial charge in [-0.05, 0) is 12.8 Å². The number of nitrogens with two attached hydrogens (primary N) is 2. The van der Waals surface area contributed by atoms with Gasteiger partial charge in [0, 0.05) is 0 Å². The van der Waals surface area contributed by atoms with Crippen molar-refractivity contribution < 1.29 is 4.57 Å². The third-order valence-corrected chi connectivity index (χ3v) is 4.09. The lowest BCUT2D eigenvalue weighted by Gasteiger charge is -2.02. The average molecular weight is 364 g/mol. The molecule has 0 spiro atoms. The molecule has 4 N–H and O–H groups in total. The minimum Gasteiger partial charge on any atom is -0.337 e. The summed E-state index contributed by atoms with van der Waals surface area (Å²) in [4.78, 5) is 0. The van der Waals surface area contributed by atoms with E-state index >= 15 is 0 Å². The second-order valence-electron chi connectivity index (χ2n) is 6.46. The highest BCUT2D eigenvalue weighted by Gasteiger charge is 1.99. The van der Waals surface area contributed by atoms with Gasteiger partial charge >= 0.3 is 0 Å². The Labute approximate surface area is 160 Å². The average Bonchev–Trinajstić information content (AvgIpc) is 3.03. The predicted octanol–water partition coefficient (Wildman–Crippen LogP) is 3.87. The monoisotopic (exact) mass is 363 g/mol. The van der Waals surface area contributed by atoms with E-state index in [0.717, 1.165) is 0 Å². The van der Waals surface area contributed by atoms with Crippen molar-refractivity contribution in [2.24, 2.45) is 18.5 Å². The molecule has 0 saturated heterocycles. The van der Waals surface area contributed by atoms with Crippen LogP contribution in [-0.4, -0.2) is 4.57 Å². The van der Waals surface area contributed by atoms with Crippen LogP contribution in [0.3, 0.4) is 0 Å². The Morgan fingerprint density at radius 2 is 1.19 bits per heavy atom. The van der Waals surface area contributed by atoms with Gasteiger partial charge in [-0.1, -0.05) is 71.1 Å².